The fourth-order valence-corrected chi connectivity index (χ4v) is 2.81. The Hall–Kier alpha value is -1.56. The third-order valence-electron chi connectivity index (χ3n) is 3.64. The second-order valence-electron chi connectivity index (χ2n) is 5.01. The second-order valence-corrected chi connectivity index (χ2v) is 5.01. The zero-order valence-corrected chi connectivity index (χ0v) is 10.4. The van der Waals surface area contributed by atoms with Crippen LogP contribution in [0.5, 0.6) is 0 Å². The maximum Gasteiger partial charge on any atom is -0.0109 e. The Labute approximate surface area is 103 Å². The highest BCUT2D eigenvalue weighted by atomic mass is 14.1. The highest BCUT2D eigenvalue weighted by molar-refractivity contribution is 5.94. The molecule has 0 radical (unpaired) electrons. The molecule has 0 nitrogen and oxygen atoms in total. The highest BCUT2D eigenvalue weighted by Gasteiger charge is 2.09. The van der Waals surface area contributed by atoms with Crippen molar-refractivity contribution in [1.82, 2.24) is 0 Å². The number of hydrogen-bond donors (Lipinski definition) is 0. The molecule has 0 aromatic heterocycles. The number of rotatable bonds is 1. The van der Waals surface area contributed by atoms with E-state index in [1.807, 2.05) is 0 Å². The number of fused-ring (bicyclic) bond motifs is 1. The Morgan fingerprint density at radius 1 is 1.00 bits per heavy atom. The molecular weight excluding hydrogens is 204 g/mol. The molecule has 1 aliphatic carbocycles. The number of allylic oxidation sites excluding steroid dienone is 2. The van der Waals surface area contributed by atoms with Gasteiger partial charge >= 0.3 is 0 Å². The van der Waals surface area contributed by atoms with Crippen LogP contribution in [0, 0.1) is 6.92 Å². The van der Waals surface area contributed by atoms with Crippen molar-refractivity contribution in [1.29, 1.82) is 0 Å². The van der Waals surface area contributed by atoms with E-state index in [9.17, 15) is 0 Å². The van der Waals surface area contributed by atoms with Crippen molar-refractivity contribution in [3.63, 3.8) is 0 Å². The molecule has 0 N–H and O–H groups in total. The average molecular weight is 222 g/mol. The molecule has 0 spiro atoms. The van der Waals surface area contributed by atoms with Crippen LogP contribution in [0.2, 0.25) is 0 Å². The van der Waals surface area contributed by atoms with Crippen LogP contribution in [-0.4, -0.2) is 0 Å². The molecule has 0 bridgehead atoms. The van der Waals surface area contributed by atoms with Crippen LogP contribution in [0.3, 0.4) is 0 Å². The van der Waals surface area contributed by atoms with Gasteiger partial charge in [-0.2, -0.15) is 0 Å². The molecule has 86 valence electrons. The van der Waals surface area contributed by atoms with Crippen molar-refractivity contribution in [3.8, 4) is 0 Å². The molecule has 0 amide bonds. The van der Waals surface area contributed by atoms with Gasteiger partial charge in [0.15, 0.2) is 0 Å². The zero-order chi connectivity index (χ0) is 11.7. The third-order valence-corrected chi connectivity index (χ3v) is 3.64. The van der Waals surface area contributed by atoms with Crippen LogP contribution in [-0.2, 0) is 0 Å². The highest BCUT2D eigenvalue weighted by Crippen LogP contribution is 2.32. The van der Waals surface area contributed by atoms with Gasteiger partial charge in [-0.15, -0.1) is 0 Å². The summed E-state index contributed by atoms with van der Waals surface area (Å²) in [7, 11) is 0. The van der Waals surface area contributed by atoms with Gasteiger partial charge in [-0.3, -0.25) is 0 Å². The molecule has 2 aromatic rings. The van der Waals surface area contributed by atoms with E-state index in [-0.39, 0.29) is 0 Å². The zero-order valence-electron chi connectivity index (χ0n) is 10.4. The van der Waals surface area contributed by atoms with E-state index in [2.05, 4.69) is 49.4 Å². The van der Waals surface area contributed by atoms with Crippen molar-refractivity contribution in [2.75, 3.05) is 0 Å². The van der Waals surface area contributed by atoms with Gasteiger partial charge in [0, 0.05) is 0 Å². The van der Waals surface area contributed by atoms with Gasteiger partial charge in [0.05, 0.1) is 0 Å². The summed E-state index contributed by atoms with van der Waals surface area (Å²) in [5.74, 6) is 0. The van der Waals surface area contributed by atoms with Gasteiger partial charge in [0.25, 0.3) is 0 Å². The molecule has 0 saturated carbocycles. The second kappa shape index (κ2) is 4.37. The Balaban J connectivity index is 2.23. The lowest BCUT2D eigenvalue weighted by Gasteiger charge is -2.16. The quantitative estimate of drug-likeness (QED) is 0.629. The smallest absolute Gasteiger partial charge is 0.0109 e. The van der Waals surface area contributed by atoms with Crippen LogP contribution < -0.4 is 0 Å². The van der Waals surface area contributed by atoms with E-state index >= 15 is 0 Å². The summed E-state index contributed by atoms with van der Waals surface area (Å²) in [5.41, 5.74) is 4.38. The van der Waals surface area contributed by atoms with Crippen molar-refractivity contribution in [3.05, 3.63) is 53.6 Å². The lowest BCUT2D eigenvalue weighted by molar-refractivity contribution is 0.742. The summed E-state index contributed by atoms with van der Waals surface area (Å²) in [6.45, 7) is 2.19. The van der Waals surface area contributed by atoms with Gasteiger partial charge < -0.3 is 0 Å². The Bertz CT molecular complexity index is 576. The van der Waals surface area contributed by atoms with Gasteiger partial charge in [0.1, 0.15) is 0 Å². The standard InChI is InChI=1S/C17H18/c1-13-11-15-9-5-6-10-16(15)17(12-13)14-7-3-2-4-8-14/h5-7,9-12H,2-4,8H2,1H3. The van der Waals surface area contributed by atoms with Crippen molar-refractivity contribution in [2.45, 2.75) is 32.6 Å². The fraction of sp³-hybridized carbons (Fsp3) is 0.294. The summed E-state index contributed by atoms with van der Waals surface area (Å²) in [6.07, 6.45) is 7.62. The van der Waals surface area contributed by atoms with Gasteiger partial charge in [-0.25, -0.2) is 0 Å². The maximum atomic E-state index is 2.44. The number of benzene rings is 2. The van der Waals surface area contributed by atoms with Gasteiger partial charge in [-0.05, 0) is 60.1 Å². The maximum absolute atomic E-state index is 2.44. The molecule has 0 fully saturated rings. The van der Waals surface area contributed by atoms with E-state index in [4.69, 9.17) is 0 Å². The lowest BCUT2D eigenvalue weighted by Crippen LogP contribution is -1.93. The molecule has 2 aromatic carbocycles. The minimum Gasteiger partial charge on any atom is -0.0807 e. The monoisotopic (exact) mass is 222 g/mol. The summed E-state index contributed by atoms with van der Waals surface area (Å²) >= 11 is 0. The molecule has 0 unspecified atom stereocenters. The predicted molar refractivity (Wildman–Crippen MR) is 75.1 cm³/mol. The Morgan fingerprint density at radius 2 is 1.88 bits per heavy atom. The van der Waals surface area contributed by atoms with Crippen LogP contribution in [0.1, 0.15) is 36.8 Å². The summed E-state index contributed by atoms with van der Waals surface area (Å²) in [4.78, 5) is 0. The first-order valence-corrected chi connectivity index (χ1v) is 6.53. The SMILES string of the molecule is Cc1cc(C2=CCCCC2)c2ccccc2c1. The number of aryl methyl sites for hydroxylation is 1. The topological polar surface area (TPSA) is 0 Å². The molecule has 0 saturated heterocycles. The van der Waals surface area contributed by atoms with Crippen LogP contribution in [0.15, 0.2) is 42.5 Å². The summed E-state index contributed by atoms with van der Waals surface area (Å²) < 4.78 is 0. The molecule has 17 heavy (non-hydrogen) atoms. The Morgan fingerprint density at radius 3 is 2.71 bits per heavy atom. The van der Waals surface area contributed by atoms with Crippen molar-refractivity contribution < 1.29 is 0 Å². The van der Waals surface area contributed by atoms with Crippen LogP contribution >= 0.6 is 0 Å². The van der Waals surface area contributed by atoms with Crippen LogP contribution in [0.4, 0.5) is 0 Å². The first kappa shape index (κ1) is 10.6. The Kier molecular flexibility index (Phi) is 2.72. The molecule has 1 aliphatic rings. The largest absolute Gasteiger partial charge is 0.0807 e. The van der Waals surface area contributed by atoms with E-state index in [0.717, 1.165) is 0 Å². The summed E-state index contributed by atoms with van der Waals surface area (Å²) in [6, 6.07) is 13.4. The van der Waals surface area contributed by atoms with Gasteiger partial charge in [-0.1, -0.05) is 42.5 Å². The first-order valence-electron chi connectivity index (χ1n) is 6.53. The fourth-order valence-electron chi connectivity index (χ4n) is 2.81. The molecule has 3 rings (SSSR count). The van der Waals surface area contributed by atoms with Crippen molar-refractivity contribution in [2.24, 2.45) is 0 Å². The lowest BCUT2D eigenvalue weighted by atomic mass is 9.89. The average Bonchev–Trinajstić information content (AvgIpc) is 2.39. The molecule has 0 heteroatoms. The molecule has 0 aliphatic heterocycles. The predicted octanol–water partition coefficient (Wildman–Crippen LogP) is 5.11. The summed E-state index contributed by atoms with van der Waals surface area (Å²) in [5, 5.41) is 2.78. The molecular formula is C17H18. The van der Waals surface area contributed by atoms with Gasteiger partial charge in [0.2, 0.25) is 0 Å². The number of hydrogen-bond acceptors (Lipinski definition) is 0. The third kappa shape index (κ3) is 2.00. The molecule has 0 heterocycles. The normalized spacial score (nSPS) is 15.9. The van der Waals surface area contributed by atoms with E-state index < -0.39 is 0 Å². The van der Waals surface area contributed by atoms with E-state index in [1.165, 1.54) is 47.6 Å². The van der Waals surface area contributed by atoms with E-state index in [1.54, 1.807) is 5.57 Å². The minimum absolute atomic E-state index is 1.24. The first-order chi connectivity index (χ1) is 8.34. The minimum atomic E-state index is 1.24. The molecule has 0 atom stereocenters. The van der Waals surface area contributed by atoms with E-state index in [0.29, 0.717) is 0 Å². The van der Waals surface area contributed by atoms with Crippen molar-refractivity contribution >= 4 is 16.3 Å². The van der Waals surface area contributed by atoms with Crippen LogP contribution in [0.25, 0.3) is 16.3 Å².